The quantitative estimate of drug-likeness (QED) is 0.206. The summed E-state index contributed by atoms with van der Waals surface area (Å²) in [5.74, 6) is -0.309. The van der Waals surface area contributed by atoms with Crippen LogP contribution in [0, 0.1) is 0 Å². The molecule has 1 aliphatic heterocycles. The number of ether oxygens (including phenoxy) is 1. The molecule has 0 spiro atoms. The van der Waals surface area contributed by atoms with Gasteiger partial charge in [0, 0.05) is 36.1 Å². The van der Waals surface area contributed by atoms with Gasteiger partial charge < -0.3 is 15.4 Å². The van der Waals surface area contributed by atoms with E-state index in [4.69, 9.17) is 4.74 Å². The predicted octanol–water partition coefficient (Wildman–Crippen LogP) is 7.18. The van der Waals surface area contributed by atoms with Crippen LogP contribution in [0.5, 0.6) is 0 Å². The molecule has 0 bridgehead atoms. The molecule has 1 unspecified atom stereocenters. The van der Waals surface area contributed by atoms with E-state index in [0.29, 0.717) is 18.2 Å². The number of nitrogens with one attached hydrogen (secondary N) is 2. The van der Waals surface area contributed by atoms with Crippen molar-refractivity contribution in [1.29, 1.82) is 0 Å². The number of piperidine rings is 1. The van der Waals surface area contributed by atoms with Gasteiger partial charge in [0.1, 0.15) is 6.04 Å². The van der Waals surface area contributed by atoms with Gasteiger partial charge in [-0.15, -0.1) is 0 Å². The fraction of sp³-hybridized carbons (Fsp3) is 0.257. The van der Waals surface area contributed by atoms with Crippen molar-refractivity contribution in [3.63, 3.8) is 0 Å². The highest BCUT2D eigenvalue weighted by molar-refractivity contribution is 6.08. The maximum atomic E-state index is 13.1. The summed E-state index contributed by atoms with van der Waals surface area (Å²) >= 11 is 0. The van der Waals surface area contributed by atoms with Gasteiger partial charge in [0.2, 0.25) is 0 Å². The average Bonchev–Trinajstić information content (AvgIpc) is 3.03. The van der Waals surface area contributed by atoms with Crippen LogP contribution in [0.15, 0.2) is 109 Å². The minimum atomic E-state index is -0.376. The summed E-state index contributed by atoms with van der Waals surface area (Å²) in [5, 5.41) is 6.67. The summed E-state index contributed by atoms with van der Waals surface area (Å²) in [7, 11) is 0. The molecule has 1 heterocycles. The molecule has 1 aliphatic rings. The fourth-order valence-corrected chi connectivity index (χ4v) is 5.35. The molecule has 1 fully saturated rings. The maximum Gasteiger partial charge on any atom is 0.328 e. The van der Waals surface area contributed by atoms with Crippen molar-refractivity contribution in [1.82, 2.24) is 4.90 Å². The average molecular weight is 548 g/mol. The van der Waals surface area contributed by atoms with Crippen LogP contribution >= 0.6 is 0 Å². The first-order valence-corrected chi connectivity index (χ1v) is 14.4. The lowest BCUT2D eigenvalue weighted by molar-refractivity contribution is -0.151. The van der Waals surface area contributed by atoms with Crippen LogP contribution in [-0.2, 0) is 9.53 Å². The Morgan fingerprint density at radius 3 is 2.10 bits per heavy atom. The van der Waals surface area contributed by atoms with Crippen molar-refractivity contribution < 1.29 is 14.3 Å². The fourth-order valence-electron chi connectivity index (χ4n) is 5.35. The van der Waals surface area contributed by atoms with Crippen molar-refractivity contribution >= 4 is 23.3 Å². The molecule has 2 N–H and O–H groups in total. The van der Waals surface area contributed by atoms with E-state index in [1.807, 2.05) is 116 Å². The standard InChI is InChI=1S/C35H37N3O3/c1-2-25-41-35(40)33(27-13-7-4-8-14-27)38-23-21-30(22-24-38)36-28-17-19-29(20-18-28)37-34(39)32-16-10-9-15-31(32)26-11-5-3-6-12-26/h3-20,30,33,36H,2,21-25H2,1H3,(H,37,39). The Hall–Kier alpha value is -4.42. The van der Waals surface area contributed by atoms with E-state index >= 15 is 0 Å². The van der Waals surface area contributed by atoms with Crippen molar-refractivity contribution in [2.75, 3.05) is 30.3 Å². The van der Waals surface area contributed by atoms with E-state index < -0.39 is 0 Å². The van der Waals surface area contributed by atoms with E-state index in [0.717, 1.165) is 60.4 Å². The number of likely N-dealkylation sites (tertiary alicyclic amines) is 1. The van der Waals surface area contributed by atoms with Crippen LogP contribution in [0.4, 0.5) is 11.4 Å². The highest BCUT2D eigenvalue weighted by Gasteiger charge is 2.32. The van der Waals surface area contributed by atoms with Gasteiger partial charge in [0.25, 0.3) is 5.91 Å². The third kappa shape index (κ3) is 7.21. The zero-order valence-corrected chi connectivity index (χ0v) is 23.5. The molecule has 1 amide bonds. The van der Waals surface area contributed by atoms with Crippen molar-refractivity contribution in [3.8, 4) is 11.1 Å². The summed E-state index contributed by atoms with van der Waals surface area (Å²) in [6.07, 6.45) is 2.64. The van der Waals surface area contributed by atoms with Crippen LogP contribution in [-0.4, -0.2) is 42.5 Å². The number of nitrogens with zero attached hydrogens (tertiary/aromatic N) is 1. The van der Waals surface area contributed by atoms with E-state index in [1.54, 1.807) is 0 Å². The zero-order chi connectivity index (χ0) is 28.4. The summed E-state index contributed by atoms with van der Waals surface area (Å²) < 4.78 is 5.55. The molecule has 210 valence electrons. The largest absolute Gasteiger partial charge is 0.464 e. The van der Waals surface area contributed by atoms with Gasteiger partial charge in [-0.25, -0.2) is 4.79 Å². The summed E-state index contributed by atoms with van der Waals surface area (Å²) in [4.78, 5) is 28.3. The first-order chi connectivity index (χ1) is 20.1. The second-order valence-electron chi connectivity index (χ2n) is 10.4. The number of hydrogen-bond donors (Lipinski definition) is 2. The first kappa shape index (κ1) is 28.1. The minimum Gasteiger partial charge on any atom is -0.464 e. The molecule has 5 rings (SSSR count). The molecule has 0 aliphatic carbocycles. The summed E-state index contributed by atoms with van der Waals surface area (Å²) in [6.45, 7) is 4.05. The van der Waals surface area contributed by atoms with Gasteiger partial charge in [0.15, 0.2) is 0 Å². The summed E-state index contributed by atoms with van der Waals surface area (Å²) in [5.41, 5.74) is 5.28. The lowest BCUT2D eigenvalue weighted by Crippen LogP contribution is -2.44. The Morgan fingerprint density at radius 1 is 0.805 bits per heavy atom. The SMILES string of the molecule is CCCOC(=O)C(c1ccccc1)N1CCC(Nc2ccc(NC(=O)c3ccccc3-c3ccccc3)cc2)CC1. The van der Waals surface area contributed by atoms with E-state index in [9.17, 15) is 9.59 Å². The van der Waals surface area contributed by atoms with Crippen molar-refractivity contribution in [3.05, 3.63) is 120 Å². The molecule has 6 heteroatoms. The first-order valence-electron chi connectivity index (χ1n) is 14.4. The minimum absolute atomic E-state index is 0.136. The number of hydrogen-bond acceptors (Lipinski definition) is 5. The van der Waals surface area contributed by atoms with Gasteiger partial charge in [-0.05, 0) is 66.3 Å². The Balaban J connectivity index is 1.17. The second kappa shape index (κ2) is 13.8. The Bertz CT molecular complexity index is 1420. The summed E-state index contributed by atoms with van der Waals surface area (Å²) in [6, 6.07) is 35.3. The number of carbonyl (C=O) groups excluding carboxylic acids is 2. The van der Waals surface area contributed by atoms with Crippen LogP contribution < -0.4 is 10.6 Å². The third-order valence-electron chi connectivity index (χ3n) is 7.45. The maximum absolute atomic E-state index is 13.1. The number of carbonyl (C=O) groups is 2. The number of anilines is 2. The lowest BCUT2D eigenvalue weighted by Gasteiger charge is -2.37. The molecule has 6 nitrogen and oxygen atoms in total. The molecule has 0 saturated carbocycles. The number of esters is 1. The van der Waals surface area contributed by atoms with Crippen LogP contribution in [0.2, 0.25) is 0 Å². The number of rotatable bonds is 10. The highest BCUT2D eigenvalue weighted by atomic mass is 16.5. The Labute approximate surface area is 242 Å². The van der Waals surface area contributed by atoms with Gasteiger partial charge in [0.05, 0.1) is 6.61 Å². The number of amides is 1. The predicted molar refractivity (Wildman–Crippen MR) is 165 cm³/mol. The molecule has 1 saturated heterocycles. The normalized spacial score (nSPS) is 14.7. The van der Waals surface area contributed by atoms with Gasteiger partial charge in [-0.1, -0.05) is 85.8 Å². The van der Waals surface area contributed by atoms with Crippen LogP contribution in [0.1, 0.15) is 48.1 Å². The molecule has 41 heavy (non-hydrogen) atoms. The van der Waals surface area contributed by atoms with E-state index in [-0.39, 0.29) is 17.9 Å². The second-order valence-corrected chi connectivity index (χ2v) is 10.4. The molecular weight excluding hydrogens is 510 g/mol. The molecule has 0 radical (unpaired) electrons. The van der Waals surface area contributed by atoms with E-state index in [2.05, 4.69) is 15.5 Å². The van der Waals surface area contributed by atoms with Gasteiger partial charge in [-0.3, -0.25) is 9.69 Å². The third-order valence-corrected chi connectivity index (χ3v) is 7.45. The smallest absolute Gasteiger partial charge is 0.328 e. The van der Waals surface area contributed by atoms with Gasteiger partial charge >= 0.3 is 5.97 Å². The monoisotopic (exact) mass is 547 g/mol. The Kier molecular flexibility index (Phi) is 9.45. The van der Waals surface area contributed by atoms with Gasteiger partial charge in [-0.2, -0.15) is 0 Å². The highest BCUT2D eigenvalue weighted by Crippen LogP contribution is 2.28. The number of benzene rings is 4. The van der Waals surface area contributed by atoms with Crippen LogP contribution in [0.3, 0.4) is 0 Å². The van der Waals surface area contributed by atoms with Crippen molar-refractivity contribution in [2.45, 2.75) is 38.3 Å². The molecule has 1 atom stereocenters. The molecule has 0 aromatic heterocycles. The zero-order valence-electron chi connectivity index (χ0n) is 23.5. The Morgan fingerprint density at radius 2 is 1.41 bits per heavy atom. The van der Waals surface area contributed by atoms with Crippen LogP contribution in [0.25, 0.3) is 11.1 Å². The molecule has 4 aromatic carbocycles. The lowest BCUT2D eigenvalue weighted by atomic mass is 9.99. The van der Waals surface area contributed by atoms with Crippen molar-refractivity contribution in [2.24, 2.45) is 0 Å². The topological polar surface area (TPSA) is 70.7 Å². The molecular formula is C35H37N3O3. The van der Waals surface area contributed by atoms with E-state index in [1.165, 1.54) is 0 Å². The molecule has 4 aromatic rings.